The highest BCUT2D eigenvalue weighted by molar-refractivity contribution is 14.0. The van der Waals surface area contributed by atoms with Crippen LogP contribution < -0.4 is 10.6 Å². The van der Waals surface area contributed by atoms with E-state index in [-0.39, 0.29) is 24.0 Å². The van der Waals surface area contributed by atoms with Crippen molar-refractivity contribution >= 4 is 41.3 Å². The third kappa shape index (κ3) is 8.57. The van der Waals surface area contributed by atoms with Crippen LogP contribution in [-0.4, -0.2) is 49.6 Å². The number of nitrogens with zero attached hydrogens (tertiary/aromatic N) is 3. The molecule has 0 spiro atoms. The second kappa shape index (κ2) is 11.2. The van der Waals surface area contributed by atoms with Crippen LogP contribution >= 0.6 is 35.3 Å². The molecule has 0 fully saturated rings. The van der Waals surface area contributed by atoms with Crippen LogP contribution in [0.2, 0.25) is 0 Å². The first-order valence-corrected chi connectivity index (χ1v) is 7.94. The molecule has 0 aliphatic rings. The van der Waals surface area contributed by atoms with Gasteiger partial charge in [-0.05, 0) is 47.8 Å². The van der Waals surface area contributed by atoms with Gasteiger partial charge in [-0.3, -0.25) is 0 Å². The molecule has 0 radical (unpaired) electrons. The fourth-order valence-electron chi connectivity index (χ4n) is 1.81. The van der Waals surface area contributed by atoms with E-state index in [4.69, 9.17) is 0 Å². The first-order chi connectivity index (χ1) is 9.52. The monoisotopic (exact) mass is 425 g/mol. The van der Waals surface area contributed by atoms with Gasteiger partial charge in [-0.25, -0.2) is 9.98 Å². The zero-order valence-corrected chi connectivity index (χ0v) is 16.8. The topological polar surface area (TPSA) is 52.6 Å². The van der Waals surface area contributed by atoms with Gasteiger partial charge in [-0.2, -0.15) is 0 Å². The Morgan fingerprint density at radius 1 is 1.29 bits per heavy atom. The molecule has 7 heteroatoms. The maximum atomic E-state index is 4.63. The molecule has 5 nitrogen and oxygen atoms in total. The summed E-state index contributed by atoms with van der Waals surface area (Å²) in [5.74, 6) is 0.886. The summed E-state index contributed by atoms with van der Waals surface area (Å²) in [7, 11) is 4.18. The summed E-state index contributed by atoms with van der Waals surface area (Å²) in [6.45, 7) is 9.76. The first-order valence-electron chi connectivity index (χ1n) is 7.12. The molecule has 2 N–H and O–H groups in total. The van der Waals surface area contributed by atoms with Gasteiger partial charge in [0.2, 0.25) is 0 Å². The van der Waals surface area contributed by atoms with Crippen molar-refractivity contribution in [2.24, 2.45) is 4.99 Å². The molecule has 0 unspecified atom stereocenters. The number of nitrogens with one attached hydrogen (secondary N) is 2. The van der Waals surface area contributed by atoms with Crippen molar-refractivity contribution in [2.45, 2.75) is 33.7 Å². The van der Waals surface area contributed by atoms with Gasteiger partial charge in [-0.15, -0.1) is 35.3 Å². The molecule has 0 saturated carbocycles. The summed E-state index contributed by atoms with van der Waals surface area (Å²) in [5.41, 5.74) is 1.10. The lowest BCUT2D eigenvalue weighted by atomic mass is 10.4. The molecule has 0 aromatic carbocycles. The van der Waals surface area contributed by atoms with E-state index in [0.717, 1.165) is 42.7 Å². The second-order valence-electron chi connectivity index (χ2n) is 5.02. The molecule has 0 saturated heterocycles. The highest BCUT2D eigenvalue weighted by Gasteiger charge is 2.04. The summed E-state index contributed by atoms with van der Waals surface area (Å²) < 4.78 is 0. The standard InChI is InChI=1S/C14H27N5S.HI/c1-6-15-14(16-8-7-9-19(4)5)17-10-13-11(2)18-12(3)20-13;/h6-10H2,1-5H3,(H2,15,16,17);1H. The van der Waals surface area contributed by atoms with E-state index >= 15 is 0 Å². The van der Waals surface area contributed by atoms with E-state index in [2.05, 4.69) is 46.5 Å². The van der Waals surface area contributed by atoms with Crippen LogP contribution in [0.5, 0.6) is 0 Å². The maximum absolute atomic E-state index is 4.63. The van der Waals surface area contributed by atoms with Gasteiger partial charge in [0.05, 0.1) is 17.2 Å². The van der Waals surface area contributed by atoms with E-state index in [1.165, 1.54) is 4.88 Å². The fourth-order valence-corrected chi connectivity index (χ4v) is 2.68. The maximum Gasteiger partial charge on any atom is 0.191 e. The van der Waals surface area contributed by atoms with Crippen molar-refractivity contribution in [1.29, 1.82) is 0 Å². The summed E-state index contributed by atoms with van der Waals surface area (Å²) in [6.07, 6.45) is 1.11. The fraction of sp³-hybridized carbons (Fsp3) is 0.714. The van der Waals surface area contributed by atoms with Gasteiger partial charge in [0.25, 0.3) is 0 Å². The number of rotatable bonds is 7. The number of hydrogen-bond donors (Lipinski definition) is 2. The van der Waals surface area contributed by atoms with Crippen molar-refractivity contribution in [2.75, 3.05) is 33.7 Å². The normalized spacial score (nSPS) is 11.4. The summed E-state index contributed by atoms with van der Waals surface area (Å²) in [4.78, 5) is 12.5. The molecule has 0 aliphatic heterocycles. The predicted octanol–water partition coefficient (Wildman–Crippen LogP) is 2.38. The molecule has 1 rings (SSSR count). The van der Waals surface area contributed by atoms with Crippen molar-refractivity contribution in [3.8, 4) is 0 Å². The van der Waals surface area contributed by atoms with Gasteiger partial charge in [0, 0.05) is 18.0 Å². The van der Waals surface area contributed by atoms with Crippen molar-refractivity contribution in [3.05, 3.63) is 15.6 Å². The Balaban J connectivity index is 0.00000400. The van der Waals surface area contributed by atoms with Crippen LogP contribution in [-0.2, 0) is 6.54 Å². The zero-order chi connectivity index (χ0) is 15.0. The lowest BCUT2D eigenvalue weighted by molar-refractivity contribution is 0.399. The number of aliphatic imine (C=N–C) groups is 1. The van der Waals surface area contributed by atoms with Crippen molar-refractivity contribution in [3.63, 3.8) is 0 Å². The number of thiazole rings is 1. The number of aryl methyl sites for hydroxylation is 2. The van der Waals surface area contributed by atoms with Crippen molar-refractivity contribution in [1.82, 2.24) is 20.5 Å². The summed E-state index contributed by atoms with van der Waals surface area (Å²) in [5, 5.41) is 7.75. The first kappa shape index (κ1) is 20.6. The van der Waals surface area contributed by atoms with Crippen LogP contribution in [0.1, 0.15) is 28.9 Å². The third-order valence-corrected chi connectivity index (χ3v) is 3.86. The highest BCUT2D eigenvalue weighted by atomic mass is 127. The van der Waals surface area contributed by atoms with Crippen LogP contribution in [0.25, 0.3) is 0 Å². The Bertz CT molecular complexity index is 431. The molecule has 0 amide bonds. The highest BCUT2D eigenvalue weighted by Crippen LogP contribution is 2.17. The number of aromatic nitrogens is 1. The van der Waals surface area contributed by atoms with Gasteiger partial charge in [-0.1, -0.05) is 0 Å². The zero-order valence-electron chi connectivity index (χ0n) is 13.7. The molecule has 21 heavy (non-hydrogen) atoms. The van der Waals surface area contributed by atoms with E-state index in [0.29, 0.717) is 6.54 Å². The van der Waals surface area contributed by atoms with Crippen LogP contribution in [0.15, 0.2) is 4.99 Å². The number of halogens is 1. The van der Waals surface area contributed by atoms with Crippen LogP contribution in [0.3, 0.4) is 0 Å². The average molecular weight is 425 g/mol. The lowest BCUT2D eigenvalue weighted by Gasteiger charge is -2.13. The number of hydrogen-bond acceptors (Lipinski definition) is 4. The Labute approximate surface area is 149 Å². The molecule has 0 bridgehead atoms. The van der Waals surface area contributed by atoms with Crippen molar-refractivity contribution < 1.29 is 0 Å². The minimum atomic E-state index is 0. The Hall–Kier alpha value is -0.410. The average Bonchev–Trinajstić information content (AvgIpc) is 2.69. The molecular weight excluding hydrogens is 397 g/mol. The van der Waals surface area contributed by atoms with E-state index in [1.807, 2.05) is 13.8 Å². The number of guanidine groups is 1. The molecule has 1 heterocycles. The minimum Gasteiger partial charge on any atom is -0.357 e. The van der Waals surface area contributed by atoms with Gasteiger partial charge >= 0.3 is 0 Å². The predicted molar refractivity (Wildman–Crippen MR) is 103 cm³/mol. The molecule has 0 atom stereocenters. The van der Waals surface area contributed by atoms with Crippen LogP contribution in [0, 0.1) is 13.8 Å². The second-order valence-corrected chi connectivity index (χ2v) is 6.31. The van der Waals surface area contributed by atoms with E-state index < -0.39 is 0 Å². The van der Waals surface area contributed by atoms with Gasteiger partial charge < -0.3 is 15.5 Å². The molecule has 1 aromatic heterocycles. The molecule has 1 aromatic rings. The van der Waals surface area contributed by atoms with Gasteiger partial charge in [0.1, 0.15) is 0 Å². The van der Waals surface area contributed by atoms with Crippen LogP contribution in [0.4, 0.5) is 0 Å². The SMILES string of the molecule is CCNC(=NCc1sc(C)nc1C)NCCCN(C)C.I. The Kier molecular flexibility index (Phi) is 11.0. The molecule has 0 aliphatic carbocycles. The Morgan fingerprint density at radius 3 is 2.52 bits per heavy atom. The lowest BCUT2D eigenvalue weighted by Crippen LogP contribution is -2.38. The summed E-state index contributed by atoms with van der Waals surface area (Å²) >= 11 is 1.73. The summed E-state index contributed by atoms with van der Waals surface area (Å²) in [6, 6.07) is 0. The smallest absolute Gasteiger partial charge is 0.191 e. The minimum absolute atomic E-state index is 0. The third-order valence-electron chi connectivity index (χ3n) is 2.80. The van der Waals surface area contributed by atoms with E-state index in [9.17, 15) is 0 Å². The van der Waals surface area contributed by atoms with E-state index in [1.54, 1.807) is 11.3 Å². The quantitative estimate of drug-likeness (QED) is 0.305. The van der Waals surface area contributed by atoms with Gasteiger partial charge in [0.15, 0.2) is 5.96 Å². The Morgan fingerprint density at radius 2 is 2.00 bits per heavy atom. The largest absolute Gasteiger partial charge is 0.357 e. The molecule has 122 valence electrons. The molecular formula is C14H28IN5S.